The molecule has 90 valence electrons. The molecule has 0 aliphatic carbocycles. The van der Waals surface area contributed by atoms with E-state index in [1.165, 1.54) is 12.8 Å². The zero-order valence-electron chi connectivity index (χ0n) is 10.4. The van der Waals surface area contributed by atoms with Gasteiger partial charge in [0, 0.05) is 5.75 Å². The van der Waals surface area contributed by atoms with Crippen LogP contribution >= 0.6 is 11.8 Å². The van der Waals surface area contributed by atoms with E-state index in [1.807, 2.05) is 13.8 Å². The van der Waals surface area contributed by atoms with Crippen molar-refractivity contribution in [1.82, 2.24) is 0 Å². The average Bonchev–Trinajstić information content (AvgIpc) is 2.18. The van der Waals surface area contributed by atoms with Gasteiger partial charge in [0.05, 0.1) is 5.92 Å². The highest BCUT2D eigenvalue weighted by atomic mass is 32.2. The van der Waals surface area contributed by atoms with Crippen LogP contribution in [0.1, 0.15) is 46.5 Å². The number of unbranched alkanes of at least 4 members (excludes halogenated alkanes) is 2. The van der Waals surface area contributed by atoms with Gasteiger partial charge < -0.3 is 4.74 Å². The Balaban J connectivity index is 3.86. The summed E-state index contributed by atoms with van der Waals surface area (Å²) in [4.78, 5) is 11.4. The highest BCUT2D eigenvalue weighted by Crippen LogP contribution is 2.13. The zero-order valence-corrected chi connectivity index (χ0v) is 11.2. The molecule has 0 saturated heterocycles. The van der Waals surface area contributed by atoms with E-state index in [4.69, 9.17) is 4.74 Å². The lowest BCUT2D eigenvalue weighted by Crippen LogP contribution is -2.23. The molecule has 0 aromatic heterocycles. The van der Waals surface area contributed by atoms with Crippen molar-refractivity contribution >= 4 is 17.7 Å². The minimum Gasteiger partial charge on any atom is -0.461 e. The van der Waals surface area contributed by atoms with E-state index in [9.17, 15) is 4.79 Å². The van der Waals surface area contributed by atoms with E-state index >= 15 is 0 Å². The quantitative estimate of drug-likeness (QED) is 0.473. The molecule has 2 nitrogen and oxygen atoms in total. The summed E-state index contributed by atoms with van der Waals surface area (Å²) in [6, 6.07) is 0. The Morgan fingerprint density at radius 1 is 1.33 bits per heavy atom. The number of ether oxygens (including phenoxy) is 1. The number of hydrogen-bond acceptors (Lipinski definition) is 3. The fraction of sp³-hybridized carbons (Fsp3) is 0.917. The molecule has 1 unspecified atom stereocenters. The molecule has 0 fully saturated rings. The van der Waals surface area contributed by atoms with Crippen LogP contribution in [0.4, 0.5) is 0 Å². The Morgan fingerprint density at radius 3 is 2.47 bits per heavy atom. The maximum Gasteiger partial charge on any atom is 0.308 e. The van der Waals surface area contributed by atoms with Gasteiger partial charge in [-0.25, -0.2) is 0 Å². The standard InChI is InChI=1S/C12H24O2S/c1-5-6-7-8-11(9-15-4)14-12(13)10(2)3/h10-11H,5-9H2,1-4H3. The molecule has 0 aliphatic heterocycles. The zero-order chi connectivity index (χ0) is 11.7. The fourth-order valence-electron chi connectivity index (χ4n) is 1.28. The Kier molecular flexibility index (Phi) is 8.97. The van der Waals surface area contributed by atoms with Gasteiger partial charge in [0.15, 0.2) is 0 Å². The number of rotatable bonds is 8. The van der Waals surface area contributed by atoms with Crippen molar-refractivity contribution in [3.63, 3.8) is 0 Å². The minimum absolute atomic E-state index is 0.0134. The number of hydrogen-bond donors (Lipinski definition) is 0. The number of carbonyl (C=O) groups excluding carboxylic acids is 1. The maximum absolute atomic E-state index is 11.4. The van der Waals surface area contributed by atoms with Crippen molar-refractivity contribution < 1.29 is 9.53 Å². The minimum atomic E-state index is -0.0643. The van der Waals surface area contributed by atoms with Crippen LogP contribution < -0.4 is 0 Å². The Bertz CT molecular complexity index is 169. The molecule has 0 rings (SSSR count). The van der Waals surface area contributed by atoms with Crippen molar-refractivity contribution in [2.75, 3.05) is 12.0 Å². The van der Waals surface area contributed by atoms with Crippen molar-refractivity contribution in [2.24, 2.45) is 5.92 Å². The third kappa shape index (κ3) is 7.71. The van der Waals surface area contributed by atoms with Crippen LogP contribution in [0.2, 0.25) is 0 Å². The maximum atomic E-state index is 11.4. The van der Waals surface area contributed by atoms with Crippen LogP contribution in [0, 0.1) is 5.92 Å². The molecule has 0 aromatic carbocycles. The molecule has 15 heavy (non-hydrogen) atoms. The second-order valence-corrected chi connectivity index (χ2v) is 5.08. The molecule has 0 radical (unpaired) electrons. The largest absolute Gasteiger partial charge is 0.461 e. The van der Waals surface area contributed by atoms with Crippen LogP contribution in [-0.2, 0) is 9.53 Å². The lowest BCUT2D eigenvalue weighted by molar-refractivity contribution is -0.152. The van der Waals surface area contributed by atoms with Crippen molar-refractivity contribution in [3.8, 4) is 0 Å². The fourth-order valence-corrected chi connectivity index (χ4v) is 1.89. The van der Waals surface area contributed by atoms with E-state index in [1.54, 1.807) is 11.8 Å². The number of esters is 1. The van der Waals surface area contributed by atoms with E-state index < -0.39 is 0 Å². The summed E-state index contributed by atoms with van der Waals surface area (Å²) in [6.07, 6.45) is 6.77. The molecule has 0 heterocycles. The molecule has 0 aromatic rings. The summed E-state index contributed by atoms with van der Waals surface area (Å²) in [6.45, 7) is 5.94. The predicted octanol–water partition coefficient (Wildman–Crippen LogP) is 3.50. The van der Waals surface area contributed by atoms with E-state index in [0.717, 1.165) is 18.6 Å². The summed E-state index contributed by atoms with van der Waals surface area (Å²) in [5.41, 5.74) is 0. The second kappa shape index (κ2) is 9.08. The SMILES string of the molecule is CCCCCC(CSC)OC(=O)C(C)C. The Labute approximate surface area is 98.2 Å². The first-order valence-corrected chi connectivity index (χ1v) is 7.20. The smallest absolute Gasteiger partial charge is 0.308 e. The van der Waals surface area contributed by atoms with Crippen LogP contribution in [0.15, 0.2) is 0 Å². The monoisotopic (exact) mass is 232 g/mol. The van der Waals surface area contributed by atoms with Gasteiger partial charge in [-0.1, -0.05) is 33.6 Å². The molecule has 1 atom stereocenters. The summed E-state index contributed by atoms with van der Waals surface area (Å²) in [5.74, 6) is 0.841. The van der Waals surface area contributed by atoms with E-state index in [0.29, 0.717) is 0 Å². The first-order valence-electron chi connectivity index (χ1n) is 5.81. The molecule has 0 amide bonds. The van der Waals surface area contributed by atoms with Crippen LogP contribution in [0.5, 0.6) is 0 Å². The Morgan fingerprint density at radius 2 is 2.00 bits per heavy atom. The highest BCUT2D eigenvalue weighted by molar-refractivity contribution is 7.98. The first-order chi connectivity index (χ1) is 7.11. The van der Waals surface area contributed by atoms with Crippen molar-refractivity contribution in [2.45, 2.75) is 52.6 Å². The average molecular weight is 232 g/mol. The van der Waals surface area contributed by atoms with Gasteiger partial charge in [0.2, 0.25) is 0 Å². The summed E-state index contributed by atoms with van der Waals surface area (Å²) in [7, 11) is 0. The molecule has 0 spiro atoms. The molecule has 0 aliphatic rings. The van der Waals surface area contributed by atoms with Gasteiger partial charge in [-0.3, -0.25) is 4.79 Å². The molecular formula is C12H24O2S. The van der Waals surface area contributed by atoms with Gasteiger partial charge in [-0.15, -0.1) is 0 Å². The number of thioether (sulfide) groups is 1. The van der Waals surface area contributed by atoms with E-state index in [-0.39, 0.29) is 18.0 Å². The van der Waals surface area contributed by atoms with Crippen molar-refractivity contribution in [1.29, 1.82) is 0 Å². The summed E-state index contributed by atoms with van der Waals surface area (Å²) < 4.78 is 5.44. The molecule has 0 saturated carbocycles. The van der Waals surface area contributed by atoms with Crippen LogP contribution in [0.25, 0.3) is 0 Å². The lowest BCUT2D eigenvalue weighted by Gasteiger charge is -2.18. The topological polar surface area (TPSA) is 26.3 Å². The molecule has 0 bridgehead atoms. The van der Waals surface area contributed by atoms with Gasteiger partial charge in [-0.05, 0) is 19.1 Å². The first kappa shape index (κ1) is 14.8. The summed E-state index contributed by atoms with van der Waals surface area (Å²) in [5, 5.41) is 0. The van der Waals surface area contributed by atoms with Gasteiger partial charge in [0.25, 0.3) is 0 Å². The molecule has 0 N–H and O–H groups in total. The lowest BCUT2D eigenvalue weighted by atomic mass is 10.1. The van der Waals surface area contributed by atoms with Crippen LogP contribution in [0.3, 0.4) is 0 Å². The van der Waals surface area contributed by atoms with Gasteiger partial charge in [-0.2, -0.15) is 11.8 Å². The molecule has 3 heteroatoms. The molecular weight excluding hydrogens is 208 g/mol. The number of carbonyl (C=O) groups is 1. The highest BCUT2D eigenvalue weighted by Gasteiger charge is 2.15. The third-order valence-electron chi connectivity index (χ3n) is 2.24. The second-order valence-electron chi connectivity index (χ2n) is 4.16. The summed E-state index contributed by atoms with van der Waals surface area (Å²) >= 11 is 1.74. The van der Waals surface area contributed by atoms with Gasteiger partial charge in [0.1, 0.15) is 6.10 Å². The van der Waals surface area contributed by atoms with E-state index in [2.05, 4.69) is 13.2 Å². The third-order valence-corrected chi connectivity index (χ3v) is 2.94. The van der Waals surface area contributed by atoms with Gasteiger partial charge >= 0.3 is 5.97 Å². The predicted molar refractivity (Wildman–Crippen MR) is 67.2 cm³/mol. The Hall–Kier alpha value is -0.180. The normalized spacial score (nSPS) is 12.9. The van der Waals surface area contributed by atoms with Crippen LogP contribution in [-0.4, -0.2) is 24.1 Å². The van der Waals surface area contributed by atoms with Crippen molar-refractivity contribution in [3.05, 3.63) is 0 Å².